The molecule has 5 rings (SSSR count). The maximum atomic E-state index is 14.2. The molecular formula is C26H23F2N5O. The molecule has 0 radical (unpaired) electrons. The lowest BCUT2D eigenvalue weighted by atomic mass is 10.0. The monoisotopic (exact) mass is 459 g/mol. The van der Waals surface area contributed by atoms with Crippen molar-refractivity contribution in [2.75, 3.05) is 7.11 Å². The van der Waals surface area contributed by atoms with E-state index in [9.17, 15) is 8.78 Å². The lowest BCUT2D eigenvalue weighted by Crippen LogP contribution is -2.11. The summed E-state index contributed by atoms with van der Waals surface area (Å²) < 4.78 is 37.8. The van der Waals surface area contributed by atoms with Gasteiger partial charge in [0.25, 0.3) is 0 Å². The summed E-state index contributed by atoms with van der Waals surface area (Å²) in [4.78, 5) is 4.28. The molecule has 0 N–H and O–H groups in total. The highest BCUT2D eigenvalue weighted by Crippen LogP contribution is 2.37. The van der Waals surface area contributed by atoms with Crippen LogP contribution in [0.2, 0.25) is 0 Å². The number of imidazole rings is 1. The molecule has 0 saturated carbocycles. The molecule has 0 fully saturated rings. The Labute approximate surface area is 195 Å². The molecule has 0 amide bonds. The average molecular weight is 460 g/mol. The molecular weight excluding hydrogens is 436 g/mol. The van der Waals surface area contributed by atoms with Crippen LogP contribution in [0.15, 0.2) is 61.2 Å². The molecule has 2 aliphatic heterocycles. The number of methoxy groups -OCH3 is 1. The largest absolute Gasteiger partial charge is 0.495 e. The van der Waals surface area contributed by atoms with Crippen LogP contribution in [-0.2, 0) is 0 Å². The van der Waals surface area contributed by atoms with Crippen LogP contribution in [0.5, 0.6) is 5.75 Å². The molecule has 0 bridgehead atoms. The number of benzene rings is 2. The summed E-state index contributed by atoms with van der Waals surface area (Å²) in [7, 11) is 1.62. The second kappa shape index (κ2) is 8.37. The van der Waals surface area contributed by atoms with Gasteiger partial charge in [-0.3, -0.25) is 0 Å². The summed E-state index contributed by atoms with van der Waals surface area (Å²) in [6, 6.07) is 12.0. The van der Waals surface area contributed by atoms with Gasteiger partial charge in [0.15, 0.2) is 5.82 Å². The molecule has 1 atom stereocenters. The Morgan fingerprint density at radius 3 is 2.44 bits per heavy atom. The van der Waals surface area contributed by atoms with E-state index in [0.717, 1.165) is 22.5 Å². The summed E-state index contributed by atoms with van der Waals surface area (Å²) in [6.07, 6.45) is 5.51. The molecule has 34 heavy (non-hydrogen) atoms. The van der Waals surface area contributed by atoms with Crippen molar-refractivity contribution in [3.05, 3.63) is 89.6 Å². The van der Waals surface area contributed by atoms with Crippen LogP contribution in [0.1, 0.15) is 29.8 Å². The molecule has 6 nitrogen and oxygen atoms in total. The van der Waals surface area contributed by atoms with Crippen LogP contribution in [0, 0.1) is 25.5 Å². The molecule has 3 aromatic rings. The number of halogens is 2. The van der Waals surface area contributed by atoms with E-state index in [2.05, 4.69) is 15.2 Å². The van der Waals surface area contributed by atoms with Crippen molar-refractivity contribution >= 4 is 0 Å². The number of hydrogen-bond donors (Lipinski definition) is 0. The number of aryl methyl sites for hydroxylation is 1. The molecule has 0 aliphatic carbocycles. The quantitative estimate of drug-likeness (QED) is 0.336. The minimum atomic E-state index is -0.566. The van der Waals surface area contributed by atoms with Crippen LogP contribution < -0.4 is 4.74 Å². The first-order valence-electron chi connectivity index (χ1n) is 10.9. The Kier molecular flexibility index (Phi) is 5.36. The Morgan fingerprint density at radius 1 is 1.00 bits per heavy atom. The van der Waals surface area contributed by atoms with Gasteiger partial charge in [0.1, 0.15) is 23.1 Å². The van der Waals surface area contributed by atoms with Crippen LogP contribution in [-0.4, -0.2) is 31.4 Å². The minimum absolute atomic E-state index is 0.0118. The highest BCUT2D eigenvalue weighted by atomic mass is 19.1. The Balaban J connectivity index is 1.53. The molecule has 172 valence electrons. The van der Waals surface area contributed by atoms with Gasteiger partial charge in [-0.05, 0) is 62.7 Å². The molecule has 0 spiro atoms. The van der Waals surface area contributed by atoms with Crippen molar-refractivity contribution in [2.45, 2.75) is 26.8 Å². The first kappa shape index (κ1) is 21.8. The van der Waals surface area contributed by atoms with E-state index in [1.165, 1.54) is 19.1 Å². The number of pyridine rings is 1. The third-order valence-corrected chi connectivity index (χ3v) is 6.14. The van der Waals surface area contributed by atoms with E-state index in [0.29, 0.717) is 22.8 Å². The van der Waals surface area contributed by atoms with Gasteiger partial charge in [-0.2, -0.15) is 0 Å². The van der Waals surface area contributed by atoms with Crippen molar-refractivity contribution < 1.29 is 13.5 Å². The fraction of sp³-hybridized carbons (Fsp3) is 0.192. The summed E-state index contributed by atoms with van der Waals surface area (Å²) >= 11 is 0. The van der Waals surface area contributed by atoms with E-state index in [1.807, 2.05) is 65.7 Å². The topological polar surface area (TPSA) is 57.8 Å². The third-order valence-electron chi connectivity index (χ3n) is 6.14. The second-order valence-electron chi connectivity index (χ2n) is 8.30. The van der Waals surface area contributed by atoms with Crippen molar-refractivity contribution in [1.29, 1.82) is 0 Å². The van der Waals surface area contributed by atoms with Crippen molar-refractivity contribution in [1.82, 2.24) is 24.3 Å². The number of nitrogens with zero attached hydrogens (tertiary/aromatic N) is 5. The highest BCUT2D eigenvalue weighted by molar-refractivity contribution is 5.80. The van der Waals surface area contributed by atoms with Gasteiger partial charge in [-0.1, -0.05) is 6.07 Å². The average Bonchev–Trinajstić information content (AvgIpc) is 3.47. The predicted octanol–water partition coefficient (Wildman–Crippen LogP) is 5.75. The SMILES string of the molecule is COc1cc(-c2nnc3n(C(C)c4cc(F)c(C)c(F)c4)cccc2-3)ccc1-n1cnc(C)c1. The fourth-order valence-corrected chi connectivity index (χ4v) is 4.14. The van der Waals surface area contributed by atoms with Crippen LogP contribution in [0.3, 0.4) is 0 Å². The predicted molar refractivity (Wildman–Crippen MR) is 125 cm³/mol. The fourth-order valence-electron chi connectivity index (χ4n) is 4.14. The molecule has 8 heteroatoms. The lowest BCUT2D eigenvalue weighted by Gasteiger charge is -2.20. The zero-order valence-electron chi connectivity index (χ0n) is 19.3. The molecule has 1 aromatic heterocycles. The number of rotatable bonds is 5. The zero-order chi connectivity index (χ0) is 24.0. The number of aromatic nitrogens is 5. The first-order valence-corrected chi connectivity index (χ1v) is 10.9. The minimum Gasteiger partial charge on any atom is -0.495 e. The van der Waals surface area contributed by atoms with Gasteiger partial charge >= 0.3 is 0 Å². The van der Waals surface area contributed by atoms with E-state index in [-0.39, 0.29) is 11.6 Å². The highest BCUT2D eigenvalue weighted by Gasteiger charge is 2.22. The van der Waals surface area contributed by atoms with E-state index >= 15 is 0 Å². The maximum absolute atomic E-state index is 14.2. The second-order valence-corrected chi connectivity index (χ2v) is 8.30. The van der Waals surface area contributed by atoms with Gasteiger partial charge < -0.3 is 13.9 Å². The van der Waals surface area contributed by atoms with E-state index in [1.54, 1.807) is 13.4 Å². The van der Waals surface area contributed by atoms with Gasteiger partial charge in [-0.15, -0.1) is 10.2 Å². The maximum Gasteiger partial charge on any atom is 0.165 e. The molecule has 0 saturated heterocycles. The Hall–Kier alpha value is -4.07. The Morgan fingerprint density at radius 2 is 1.76 bits per heavy atom. The van der Waals surface area contributed by atoms with Gasteiger partial charge in [-0.25, -0.2) is 13.8 Å². The normalized spacial score (nSPS) is 12.3. The molecule has 2 aliphatic rings. The summed E-state index contributed by atoms with van der Waals surface area (Å²) in [6.45, 7) is 5.23. The van der Waals surface area contributed by atoms with Crippen molar-refractivity contribution in [3.63, 3.8) is 0 Å². The third kappa shape index (κ3) is 3.61. The summed E-state index contributed by atoms with van der Waals surface area (Å²) in [5.41, 5.74) is 4.67. The van der Waals surface area contributed by atoms with E-state index < -0.39 is 11.6 Å². The van der Waals surface area contributed by atoms with Crippen LogP contribution in [0.4, 0.5) is 8.78 Å². The van der Waals surface area contributed by atoms with E-state index in [4.69, 9.17) is 4.74 Å². The van der Waals surface area contributed by atoms with Crippen LogP contribution in [0.25, 0.3) is 28.3 Å². The summed E-state index contributed by atoms with van der Waals surface area (Å²) in [5.74, 6) is 0.168. The van der Waals surface area contributed by atoms with Gasteiger partial charge in [0.05, 0.1) is 30.9 Å². The first-order chi connectivity index (χ1) is 16.4. The van der Waals surface area contributed by atoms with Crippen molar-refractivity contribution in [2.24, 2.45) is 0 Å². The number of fused-ring (bicyclic) bond motifs is 1. The molecule has 2 aromatic carbocycles. The zero-order valence-corrected chi connectivity index (χ0v) is 19.3. The van der Waals surface area contributed by atoms with Crippen LogP contribution >= 0.6 is 0 Å². The summed E-state index contributed by atoms with van der Waals surface area (Å²) in [5, 5.41) is 8.85. The molecule has 3 heterocycles. The number of ether oxygens (including phenoxy) is 1. The smallest absolute Gasteiger partial charge is 0.165 e. The lowest BCUT2D eigenvalue weighted by molar-refractivity contribution is 0.413. The van der Waals surface area contributed by atoms with Crippen molar-refractivity contribution in [3.8, 4) is 34.1 Å². The van der Waals surface area contributed by atoms with Gasteiger partial charge in [0.2, 0.25) is 0 Å². The number of hydrogen-bond acceptors (Lipinski definition) is 4. The Bertz CT molecular complexity index is 1450. The standard InChI is InChI=1S/C26H23F2N5O/c1-15-13-32(14-29-15)23-8-7-18(12-24(23)34-4)25-20-6-5-9-33(26(20)31-30-25)17(3)19-10-21(27)16(2)22(28)11-19/h5-14,17H,1-4H3. The molecule has 1 unspecified atom stereocenters. The van der Waals surface area contributed by atoms with Gasteiger partial charge in [0, 0.05) is 29.1 Å².